The number of amides is 1. The SMILES string of the molecule is CC(C)(C)OC(=O)N[C@]1(CO)CC[C@@H](Nc2cc(F)cnc2O)CC1. The summed E-state index contributed by atoms with van der Waals surface area (Å²) < 4.78 is 18.5. The van der Waals surface area contributed by atoms with Gasteiger partial charge >= 0.3 is 6.09 Å². The zero-order valence-corrected chi connectivity index (χ0v) is 14.8. The third-order valence-electron chi connectivity index (χ3n) is 4.20. The fourth-order valence-corrected chi connectivity index (χ4v) is 2.92. The molecule has 0 spiro atoms. The Kier molecular flexibility index (Phi) is 5.72. The van der Waals surface area contributed by atoms with Gasteiger partial charge in [-0.1, -0.05) is 0 Å². The van der Waals surface area contributed by atoms with Gasteiger partial charge in [0.25, 0.3) is 0 Å². The lowest BCUT2D eigenvalue weighted by atomic mass is 9.80. The Hall–Kier alpha value is -2.09. The summed E-state index contributed by atoms with van der Waals surface area (Å²) in [6.45, 7) is 5.14. The Morgan fingerprint density at radius 3 is 2.64 bits per heavy atom. The molecule has 1 aromatic rings. The highest BCUT2D eigenvalue weighted by Gasteiger charge is 2.37. The van der Waals surface area contributed by atoms with E-state index in [0.29, 0.717) is 25.7 Å². The number of aromatic nitrogens is 1. The zero-order chi connectivity index (χ0) is 18.7. The number of hydrogen-bond donors (Lipinski definition) is 4. The number of aromatic hydroxyl groups is 1. The van der Waals surface area contributed by atoms with Crippen LogP contribution in [0.15, 0.2) is 12.3 Å². The highest BCUT2D eigenvalue weighted by atomic mass is 19.1. The first-order chi connectivity index (χ1) is 11.6. The van der Waals surface area contributed by atoms with Crippen LogP contribution in [0.2, 0.25) is 0 Å². The molecule has 0 radical (unpaired) electrons. The van der Waals surface area contributed by atoms with Crippen LogP contribution in [0, 0.1) is 5.82 Å². The van der Waals surface area contributed by atoms with Gasteiger partial charge in [0.1, 0.15) is 17.1 Å². The van der Waals surface area contributed by atoms with Crippen molar-refractivity contribution in [3.05, 3.63) is 18.1 Å². The smallest absolute Gasteiger partial charge is 0.408 e. The minimum Gasteiger partial charge on any atom is -0.492 e. The van der Waals surface area contributed by atoms with Crippen molar-refractivity contribution in [1.82, 2.24) is 10.3 Å². The van der Waals surface area contributed by atoms with Gasteiger partial charge in [0.15, 0.2) is 0 Å². The van der Waals surface area contributed by atoms with Crippen LogP contribution in [-0.2, 0) is 4.74 Å². The summed E-state index contributed by atoms with van der Waals surface area (Å²) in [5.74, 6) is -0.792. The monoisotopic (exact) mass is 355 g/mol. The van der Waals surface area contributed by atoms with Gasteiger partial charge in [-0.3, -0.25) is 0 Å². The number of rotatable bonds is 4. The standard InChI is InChI=1S/C17H26FN3O4/c1-16(2,3)25-15(24)21-17(10-22)6-4-12(5-7-17)20-13-8-11(18)9-19-14(13)23/h8-9,12,20,22H,4-7,10H2,1-3H3,(H,19,23)(H,21,24)/t12-,17-. The van der Waals surface area contributed by atoms with Gasteiger partial charge in [0.05, 0.1) is 18.3 Å². The molecule has 1 aromatic heterocycles. The Morgan fingerprint density at radius 1 is 1.44 bits per heavy atom. The summed E-state index contributed by atoms with van der Waals surface area (Å²) in [6.07, 6.45) is 2.72. The van der Waals surface area contributed by atoms with Crippen molar-refractivity contribution in [3.63, 3.8) is 0 Å². The maximum Gasteiger partial charge on any atom is 0.408 e. The lowest BCUT2D eigenvalue weighted by molar-refractivity contribution is 0.0338. The van der Waals surface area contributed by atoms with Gasteiger partial charge in [-0.2, -0.15) is 0 Å². The molecule has 0 saturated heterocycles. The summed E-state index contributed by atoms with van der Waals surface area (Å²) in [4.78, 5) is 15.6. The molecule has 1 aliphatic rings. The number of hydrogen-bond acceptors (Lipinski definition) is 6. The summed E-state index contributed by atoms with van der Waals surface area (Å²) in [6, 6.07) is 1.17. The van der Waals surface area contributed by atoms with Crippen molar-refractivity contribution < 1.29 is 24.1 Å². The molecule has 1 amide bonds. The number of pyridine rings is 1. The fraction of sp³-hybridized carbons (Fsp3) is 0.647. The Morgan fingerprint density at radius 2 is 2.08 bits per heavy atom. The quantitative estimate of drug-likeness (QED) is 0.662. The van der Waals surface area contributed by atoms with E-state index >= 15 is 0 Å². The maximum absolute atomic E-state index is 13.2. The Balaban J connectivity index is 1.94. The van der Waals surface area contributed by atoms with E-state index in [-0.39, 0.29) is 24.2 Å². The number of alkyl carbamates (subject to hydrolysis) is 1. The summed E-state index contributed by atoms with van der Waals surface area (Å²) >= 11 is 0. The van der Waals surface area contributed by atoms with Crippen LogP contribution < -0.4 is 10.6 Å². The van der Waals surface area contributed by atoms with Crippen LogP contribution in [0.25, 0.3) is 0 Å². The van der Waals surface area contributed by atoms with Gasteiger partial charge in [-0.15, -0.1) is 0 Å². The largest absolute Gasteiger partial charge is 0.492 e. The number of halogens is 1. The lowest BCUT2D eigenvalue weighted by Gasteiger charge is -2.40. The summed E-state index contributed by atoms with van der Waals surface area (Å²) in [5.41, 5.74) is -1.11. The van der Waals surface area contributed by atoms with E-state index in [1.54, 1.807) is 20.8 Å². The average molecular weight is 355 g/mol. The van der Waals surface area contributed by atoms with Crippen LogP contribution >= 0.6 is 0 Å². The molecule has 1 heterocycles. The predicted molar refractivity (Wildman–Crippen MR) is 90.9 cm³/mol. The van der Waals surface area contributed by atoms with Gasteiger partial charge < -0.3 is 25.6 Å². The average Bonchev–Trinajstić information content (AvgIpc) is 2.51. The fourth-order valence-electron chi connectivity index (χ4n) is 2.92. The van der Waals surface area contributed by atoms with Gasteiger partial charge in [0.2, 0.25) is 5.88 Å². The van der Waals surface area contributed by atoms with Gasteiger partial charge in [-0.05, 0) is 46.5 Å². The van der Waals surface area contributed by atoms with Crippen molar-refractivity contribution >= 4 is 11.8 Å². The maximum atomic E-state index is 13.2. The lowest BCUT2D eigenvalue weighted by Crippen LogP contribution is -2.55. The third kappa shape index (κ3) is 5.45. The van der Waals surface area contributed by atoms with Crippen molar-refractivity contribution in [1.29, 1.82) is 0 Å². The molecule has 1 fully saturated rings. The normalized spacial score (nSPS) is 23.8. The number of aliphatic hydroxyl groups is 1. The number of carbonyl (C=O) groups is 1. The van der Waals surface area contributed by atoms with Crippen LogP contribution in [0.1, 0.15) is 46.5 Å². The Labute approximate surface area is 146 Å². The van der Waals surface area contributed by atoms with E-state index in [1.165, 1.54) is 6.07 Å². The number of nitrogens with one attached hydrogen (secondary N) is 2. The molecule has 0 aliphatic heterocycles. The first kappa shape index (κ1) is 19.2. The molecule has 140 valence electrons. The topological polar surface area (TPSA) is 104 Å². The number of carbonyl (C=O) groups excluding carboxylic acids is 1. The molecule has 0 bridgehead atoms. The van der Waals surface area contributed by atoms with Gasteiger partial charge in [0, 0.05) is 12.1 Å². The minimum atomic E-state index is -0.733. The second kappa shape index (κ2) is 7.43. The molecular weight excluding hydrogens is 329 g/mol. The second-order valence-electron chi connectivity index (χ2n) is 7.51. The van der Waals surface area contributed by atoms with Crippen LogP contribution in [0.3, 0.4) is 0 Å². The molecular formula is C17H26FN3O4. The van der Waals surface area contributed by atoms with E-state index in [2.05, 4.69) is 15.6 Å². The first-order valence-corrected chi connectivity index (χ1v) is 8.35. The molecule has 8 heteroatoms. The molecule has 7 nitrogen and oxygen atoms in total. The van der Waals surface area contributed by atoms with E-state index in [4.69, 9.17) is 4.74 Å². The van der Waals surface area contributed by atoms with Crippen molar-refractivity contribution in [3.8, 4) is 5.88 Å². The van der Waals surface area contributed by atoms with Crippen LogP contribution in [0.5, 0.6) is 5.88 Å². The number of aliphatic hydroxyl groups excluding tert-OH is 1. The summed E-state index contributed by atoms with van der Waals surface area (Å²) in [5, 5.41) is 25.3. The van der Waals surface area contributed by atoms with E-state index < -0.39 is 23.1 Å². The molecule has 1 saturated carbocycles. The van der Waals surface area contributed by atoms with Gasteiger partial charge in [-0.25, -0.2) is 14.2 Å². The molecule has 2 rings (SSSR count). The Bertz CT molecular complexity index is 610. The van der Waals surface area contributed by atoms with E-state index in [0.717, 1.165) is 6.20 Å². The van der Waals surface area contributed by atoms with Crippen LogP contribution in [0.4, 0.5) is 14.9 Å². The zero-order valence-electron chi connectivity index (χ0n) is 14.8. The molecule has 25 heavy (non-hydrogen) atoms. The van der Waals surface area contributed by atoms with E-state index in [1.807, 2.05) is 0 Å². The van der Waals surface area contributed by atoms with Crippen molar-refractivity contribution in [2.24, 2.45) is 0 Å². The van der Waals surface area contributed by atoms with Crippen LogP contribution in [-0.4, -0.2) is 45.1 Å². The van der Waals surface area contributed by atoms with E-state index in [9.17, 15) is 19.4 Å². The van der Waals surface area contributed by atoms with Crippen molar-refractivity contribution in [2.75, 3.05) is 11.9 Å². The molecule has 4 N–H and O–H groups in total. The highest BCUT2D eigenvalue weighted by molar-refractivity contribution is 5.69. The molecule has 1 aliphatic carbocycles. The number of ether oxygens (including phenoxy) is 1. The molecule has 0 unspecified atom stereocenters. The number of anilines is 1. The van der Waals surface area contributed by atoms with Crippen molar-refractivity contribution in [2.45, 2.75) is 63.6 Å². The second-order valence-corrected chi connectivity index (χ2v) is 7.51. The third-order valence-corrected chi connectivity index (χ3v) is 4.20. The minimum absolute atomic E-state index is 0.0189. The molecule has 0 atom stereocenters. The summed E-state index contributed by atoms with van der Waals surface area (Å²) in [7, 11) is 0. The highest BCUT2D eigenvalue weighted by Crippen LogP contribution is 2.32. The molecule has 0 aromatic carbocycles. The predicted octanol–water partition coefficient (Wildman–Crippen LogP) is 2.54. The number of nitrogens with zero attached hydrogens (tertiary/aromatic N) is 1. The first-order valence-electron chi connectivity index (χ1n) is 8.35.